The zero-order chi connectivity index (χ0) is 17.4. The minimum absolute atomic E-state index is 0.202. The molecule has 1 aromatic carbocycles. The van der Waals surface area contributed by atoms with Gasteiger partial charge >= 0.3 is 0 Å². The van der Waals surface area contributed by atoms with Crippen molar-refractivity contribution in [3.05, 3.63) is 76.5 Å². The van der Waals surface area contributed by atoms with Crippen LogP contribution in [0.15, 0.2) is 59.8 Å². The molecule has 1 atom stereocenters. The van der Waals surface area contributed by atoms with Gasteiger partial charge in [0, 0.05) is 29.5 Å². The first kappa shape index (κ1) is 16.4. The van der Waals surface area contributed by atoms with Crippen molar-refractivity contribution in [2.75, 3.05) is 0 Å². The summed E-state index contributed by atoms with van der Waals surface area (Å²) in [6, 6.07) is 10.2. The van der Waals surface area contributed by atoms with Gasteiger partial charge in [-0.15, -0.1) is 0 Å². The Morgan fingerprint density at radius 2 is 1.88 bits per heavy atom. The van der Waals surface area contributed by atoms with Crippen LogP contribution in [0.3, 0.4) is 0 Å². The largest absolute Gasteiger partial charge is 0.328 e. The van der Waals surface area contributed by atoms with Crippen LogP contribution >= 0.6 is 0 Å². The maximum Gasteiger partial charge on any atom is 0.255 e. The molecule has 124 valence electrons. The second-order valence-electron chi connectivity index (χ2n) is 5.54. The van der Waals surface area contributed by atoms with Crippen LogP contribution in [-0.4, -0.2) is 18.4 Å². The first-order chi connectivity index (χ1) is 11.4. The third kappa shape index (κ3) is 2.33. The van der Waals surface area contributed by atoms with Gasteiger partial charge in [-0.05, 0) is 29.5 Å². The van der Waals surface area contributed by atoms with Crippen LogP contribution in [0.4, 0.5) is 0 Å². The lowest BCUT2D eigenvalue weighted by Crippen LogP contribution is -2.42. The van der Waals surface area contributed by atoms with Crippen LogP contribution in [0.5, 0.6) is 0 Å². The molecule has 0 fully saturated rings. The first-order valence-corrected chi connectivity index (χ1v) is 9.00. The normalized spacial score (nSPS) is 14.4. The van der Waals surface area contributed by atoms with Crippen molar-refractivity contribution in [1.82, 2.24) is 9.97 Å². The molecule has 3 N–H and O–H groups in total. The lowest BCUT2D eigenvalue weighted by molar-refractivity contribution is 0.547. The number of hydrogen-bond donors (Lipinski definition) is 2. The monoisotopic (exact) mass is 343 g/mol. The number of fused-ring (bicyclic) bond motifs is 1. The van der Waals surface area contributed by atoms with Crippen LogP contribution in [0.2, 0.25) is 0 Å². The Kier molecular flexibility index (Phi) is 3.98. The molecule has 3 aromatic rings. The molecule has 2 heterocycles. The molecule has 0 spiro atoms. The van der Waals surface area contributed by atoms with Gasteiger partial charge in [-0.3, -0.25) is 9.78 Å². The van der Waals surface area contributed by atoms with E-state index in [-0.39, 0.29) is 12.0 Å². The number of hydrogen-bond acceptors (Lipinski definition) is 4. The summed E-state index contributed by atoms with van der Waals surface area (Å²) in [6.45, 7) is 1.75. The summed E-state index contributed by atoms with van der Waals surface area (Å²) >= 11 is 0. The molecule has 0 amide bonds. The van der Waals surface area contributed by atoms with Crippen LogP contribution in [-0.2, 0) is 14.8 Å². The molecule has 0 aliphatic heterocycles. The fourth-order valence-electron chi connectivity index (χ4n) is 3.21. The highest BCUT2D eigenvalue weighted by Gasteiger charge is 2.45. The summed E-state index contributed by atoms with van der Waals surface area (Å²) in [6.07, 6.45) is 4.70. The van der Waals surface area contributed by atoms with Crippen molar-refractivity contribution in [1.29, 1.82) is 0 Å². The van der Waals surface area contributed by atoms with Gasteiger partial charge in [0.2, 0.25) is 10.0 Å². The molecule has 3 rings (SSSR count). The van der Waals surface area contributed by atoms with E-state index in [9.17, 15) is 13.2 Å². The predicted octanol–water partition coefficient (Wildman–Crippen LogP) is 1.87. The molecule has 2 aromatic heterocycles. The quantitative estimate of drug-likeness (QED) is 0.754. The molecular formula is C17H17N3O3S. The first-order valence-electron chi connectivity index (χ1n) is 7.45. The summed E-state index contributed by atoms with van der Waals surface area (Å²) in [7, 11) is -4.05. The van der Waals surface area contributed by atoms with Crippen molar-refractivity contribution < 1.29 is 8.42 Å². The summed E-state index contributed by atoms with van der Waals surface area (Å²) < 4.78 is 23.8. The topological polar surface area (TPSA) is 106 Å². The van der Waals surface area contributed by atoms with Crippen LogP contribution < -0.4 is 10.7 Å². The third-order valence-electron chi connectivity index (χ3n) is 4.36. The number of primary sulfonamides is 1. The number of nitrogens with two attached hydrogens (primary N) is 1. The summed E-state index contributed by atoms with van der Waals surface area (Å²) in [5.74, 6) is 0. The Morgan fingerprint density at radius 3 is 2.46 bits per heavy atom. The minimum Gasteiger partial charge on any atom is -0.328 e. The highest BCUT2D eigenvalue weighted by atomic mass is 32.2. The summed E-state index contributed by atoms with van der Waals surface area (Å²) in [5.41, 5.74) is 0.628. The van der Waals surface area contributed by atoms with Gasteiger partial charge in [0.25, 0.3) is 5.56 Å². The molecular weight excluding hydrogens is 326 g/mol. The van der Waals surface area contributed by atoms with E-state index in [2.05, 4.69) is 9.97 Å². The predicted molar refractivity (Wildman–Crippen MR) is 93.0 cm³/mol. The van der Waals surface area contributed by atoms with Gasteiger partial charge in [-0.25, -0.2) is 13.6 Å². The maximum atomic E-state index is 12.7. The number of nitrogens with zero attached hydrogens (tertiary/aromatic N) is 1. The Balaban J connectivity index is 2.50. The lowest BCUT2D eigenvalue weighted by Gasteiger charge is -2.32. The molecule has 0 aliphatic carbocycles. The number of pyridine rings is 2. The van der Waals surface area contributed by atoms with Gasteiger partial charge in [0.15, 0.2) is 0 Å². The summed E-state index contributed by atoms with van der Waals surface area (Å²) in [4.78, 5) is 18.8. The molecule has 1 unspecified atom stereocenters. The van der Waals surface area contributed by atoms with E-state index < -0.39 is 14.8 Å². The van der Waals surface area contributed by atoms with Gasteiger partial charge in [0.1, 0.15) is 4.75 Å². The molecule has 0 saturated carbocycles. The molecule has 6 nitrogen and oxygen atoms in total. The average molecular weight is 343 g/mol. The van der Waals surface area contributed by atoms with E-state index in [1.807, 2.05) is 0 Å². The fourth-order valence-corrected chi connectivity index (χ4v) is 4.54. The minimum atomic E-state index is -4.05. The van der Waals surface area contributed by atoms with E-state index >= 15 is 0 Å². The highest BCUT2D eigenvalue weighted by Crippen LogP contribution is 2.41. The number of rotatable bonds is 4. The number of aromatic nitrogens is 2. The highest BCUT2D eigenvalue weighted by molar-refractivity contribution is 7.90. The standard InChI is InChI=1S/C17H17N3O3S/c1-2-17(24(18,22)23,12-6-5-9-19-10-12)15-11-20-16(21)14-8-4-3-7-13(14)15/h3-11H,2H2,1H3,(H,20,21)(H2,18,22,23). The molecule has 0 aliphatic rings. The van der Waals surface area contributed by atoms with Crippen molar-refractivity contribution in [2.45, 2.75) is 18.1 Å². The smallest absolute Gasteiger partial charge is 0.255 e. The Labute approximate surface area is 139 Å². The molecule has 0 saturated heterocycles. The third-order valence-corrected chi connectivity index (χ3v) is 6.07. The van der Waals surface area contributed by atoms with Gasteiger partial charge in [-0.1, -0.05) is 31.2 Å². The van der Waals surface area contributed by atoms with E-state index in [1.54, 1.807) is 49.5 Å². The molecule has 24 heavy (non-hydrogen) atoms. The number of benzene rings is 1. The van der Waals surface area contributed by atoms with E-state index in [0.29, 0.717) is 21.9 Å². The maximum absolute atomic E-state index is 12.7. The Morgan fingerprint density at radius 1 is 1.17 bits per heavy atom. The van der Waals surface area contributed by atoms with E-state index in [1.165, 1.54) is 12.4 Å². The van der Waals surface area contributed by atoms with E-state index in [0.717, 1.165) is 0 Å². The SMILES string of the molecule is CCC(c1cccnc1)(c1c[nH]c(=O)c2ccccc12)S(N)(=O)=O. The van der Waals surface area contributed by atoms with Gasteiger partial charge in [-0.2, -0.15) is 0 Å². The molecule has 0 bridgehead atoms. The molecule has 0 radical (unpaired) electrons. The van der Waals surface area contributed by atoms with Crippen LogP contribution in [0.25, 0.3) is 10.8 Å². The van der Waals surface area contributed by atoms with E-state index in [4.69, 9.17) is 5.14 Å². The second-order valence-corrected chi connectivity index (χ2v) is 7.33. The summed E-state index contributed by atoms with van der Waals surface area (Å²) in [5, 5.41) is 6.64. The fraction of sp³-hybridized carbons (Fsp3) is 0.176. The zero-order valence-electron chi connectivity index (χ0n) is 13.1. The van der Waals surface area contributed by atoms with Gasteiger partial charge < -0.3 is 4.98 Å². The van der Waals surface area contributed by atoms with Crippen LogP contribution in [0.1, 0.15) is 24.5 Å². The average Bonchev–Trinajstić information content (AvgIpc) is 2.58. The number of sulfonamides is 1. The van der Waals surface area contributed by atoms with Crippen LogP contribution in [0, 0.1) is 0 Å². The number of aromatic amines is 1. The number of H-pyrrole nitrogens is 1. The number of nitrogens with one attached hydrogen (secondary N) is 1. The van der Waals surface area contributed by atoms with Gasteiger partial charge in [0.05, 0.1) is 0 Å². The Bertz CT molecular complexity index is 1050. The molecule has 7 heteroatoms. The van der Waals surface area contributed by atoms with Crippen molar-refractivity contribution in [3.8, 4) is 0 Å². The van der Waals surface area contributed by atoms with Crippen molar-refractivity contribution in [2.24, 2.45) is 5.14 Å². The second kappa shape index (κ2) is 5.85. The van der Waals surface area contributed by atoms with Crippen molar-refractivity contribution in [3.63, 3.8) is 0 Å². The lowest BCUT2D eigenvalue weighted by atomic mass is 9.87. The van der Waals surface area contributed by atoms with Crippen molar-refractivity contribution >= 4 is 20.8 Å². The zero-order valence-corrected chi connectivity index (χ0v) is 13.9. The Hall–Kier alpha value is -2.51.